The zero-order chi connectivity index (χ0) is 12.4. The lowest BCUT2D eigenvalue weighted by atomic mass is 10.1. The average Bonchev–Trinajstić information content (AvgIpc) is 2.33. The van der Waals surface area contributed by atoms with Crippen molar-refractivity contribution in [2.75, 3.05) is 7.11 Å². The molecule has 2 aromatic rings. The maximum absolute atomic E-state index is 5.96. The van der Waals surface area contributed by atoms with Gasteiger partial charge in [-0.3, -0.25) is 5.10 Å². The van der Waals surface area contributed by atoms with Gasteiger partial charge in [0.1, 0.15) is 15.5 Å². The highest BCUT2D eigenvalue weighted by Crippen LogP contribution is 2.31. The molecule has 0 bridgehead atoms. The van der Waals surface area contributed by atoms with E-state index in [0.29, 0.717) is 20.6 Å². The number of ether oxygens (including phenoxy) is 1. The fraction of sp³-hybridized carbons (Fsp3) is 0.0909. The normalized spacial score (nSPS) is 10.3. The molecule has 0 unspecified atom stereocenters. The number of benzene rings is 1. The third kappa shape index (κ3) is 2.60. The summed E-state index contributed by atoms with van der Waals surface area (Å²) in [5.74, 6) is 0.589. The number of nitrogens with one attached hydrogen (secondary N) is 1. The Labute approximate surface area is 113 Å². The number of aromatic amines is 1. The Bertz CT molecular complexity index is 613. The molecule has 0 aliphatic heterocycles. The second-order valence-electron chi connectivity index (χ2n) is 3.28. The molecule has 1 N–H and O–H groups in total. The number of aromatic nitrogens is 2. The molecule has 1 aromatic carbocycles. The van der Waals surface area contributed by atoms with Gasteiger partial charge < -0.3 is 4.74 Å². The molecule has 0 saturated heterocycles. The maximum Gasteiger partial charge on any atom is 0.150 e. The van der Waals surface area contributed by atoms with E-state index in [2.05, 4.69) is 10.2 Å². The zero-order valence-electron chi connectivity index (χ0n) is 8.83. The highest BCUT2D eigenvalue weighted by Gasteiger charge is 2.06. The SMILES string of the molecule is COc1cc(-c2cc(Cl)n[nH]c2=S)ccc1Cl. The van der Waals surface area contributed by atoms with E-state index >= 15 is 0 Å². The molecule has 3 nitrogen and oxygen atoms in total. The summed E-state index contributed by atoms with van der Waals surface area (Å²) in [5.41, 5.74) is 1.66. The van der Waals surface area contributed by atoms with Crippen LogP contribution in [-0.4, -0.2) is 17.3 Å². The minimum atomic E-state index is 0.350. The molecule has 17 heavy (non-hydrogen) atoms. The zero-order valence-corrected chi connectivity index (χ0v) is 11.2. The summed E-state index contributed by atoms with van der Waals surface area (Å²) < 4.78 is 5.67. The summed E-state index contributed by atoms with van der Waals surface area (Å²) in [6, 6.07) is 7.10. The highest BCUT2D eigenvalue weighted by atomic mass is 35.5. The molecule has 88 valence electrons. The van der Waals surface area contributed by atoms with E-state index in [1.165, 1.54) is 0 Å². The molecular formula is C11H8Cl2N2OS. The van der Waals surface area contributed by atoms with E-state index in [1.54, 1.807) is 25.3 Å². The summed E-state index contributed by atoms with van der Waals surface area (Å²) in [5, 5.41) is 7.38. The van der Waals surface area contributed by atoms with E-state index < -0.39 is 0 Å². The minimum Gasteiger partial charge on any atom is -0.495 e. The van der Waals surface area contributed by atoms with Crippen LogP contribution in [0.4, 0.5) is 0 Å². The summed E-state index contributed by atoms with van der Waals surface area (Å²) in [4.78, 5) is 0. The number of halogens is 2. The molecule has 6 heteroatoms. The van der Waals surface area contributed by atoms with Crippen LogP contribution in [0.5, 0.6) is 5.75 Å². The first-order valence-electron chi connectivity index (χ1n) is 4.71. The van der Waals surface area contributed by atoms with Gasteiger partial charge in [0.15, 0.2) is 0 Å². The lowest BCUT2D eigenvalue weighted by molar-refractivity contribution is 0.415. The molecule has 0 saturated carbocycles. The average molecular weight is 287 g/mol. The van der Waals surface area contributed by atoms with Crippen LogP contribution in [0, 0.1) is 4.64 Å². The van der Waals surface area contributed by atoms with Crippen LogP contribution in [0.1, 0.15) is 0 Å². The Morgan fingerprint density at radius 3 is 2.76 bits per heavy atom. The number of methoxy groups -OCH3 is 1. The smallest absolute Gasteiger partial charge is 0.150 e. The fourth-order valence-corrected chi connectivity index (χ4v) is 1.99. The number of hydrogen-bond donors (Lipinski definition) is 1. The van der Waals surface area contributed by atoms with Crippen molar-refractivity contribution in [2.24, 2.45) is 0 Å². The number of H-pyrrole nitrogens is 1. The van der Waals surface area contributed by atoms with Crippen molar-refractivity contribution in [3.63, 3.8) is 0 Å². The van der Waals surface area contributed by atoms with Crippen molar-refractivity contribution in [3.8, 4) is 16.9 Å². The van der Waals surface area contributed by atoms with E-state index in [-0.39, 0.29) is 0 Å². The molecule has 0 fully saturated rings. The molecule has 0 amide bonds. The molecule has 0 atom stereocenters. The van der Waals surface area contributed by atoms with Crippen molar-refractivity contribution in [2.45, 2.75) is 0 Å². The topological polar surface area (TPSA) is 37.9 Å². The number of rotatable bonds is 2. The number of nitrogens with zero attached hydrogens (tertiary/aromatic N) is 1. The van der Waals surface area contributed by atoms with Gasteiger partial charge in [-0.25, -0.2) is 0 Å². The van der Waals surface area contributed by atoms with Gasteiger partial charge in [-0.15, -0.1) is 0 Å². The van der Waals surface area contributed by atoms with Crippen LogP contribution in [0.3, 0.4) is 0 Å². The van der Waals surface area contributed by atoms with Gasteiger partial charge in [0, 0.05) is 5.56 Å². The minimum absolute atomic E-state index is 0.350. The predicted octanol–water partition coefficient (Wildman–Crippen LogP) is 4.12. The molecular weight excluding hydrogens is 279 g/mol. The van der Waals surface area contributed by atoms with Crippen LogP contribution in [0.15, 0.2) is 24.3 Å². The maximum atomic E-state index is 5.96. The Balaban J connectivity index is 2.60. The predicted molar refractivity (Wildman–Crippen MR) is 71.4 cm³/mol. The van der Waals surface area contributed by atoms with Crippen molar-refractivity contribution < 1.29 is 4.74 Å². The van der Waals surface area contributed by atoms with Crippen LogP contribution in [-0.2, 0) is 0 Å². The van der Waals surface area contributed by atoms with Gasteiger partial charge in [0.2, 0.25) is 0 Å². The Kier molecular flexibility index (Phi) is 3.66. The molecule has 0 spiro atoms. The van der Waals surface area contributed by atoms with Crippen molar-refractivity contribution in [1.82, 2.24) is 10.2 Å². The van der Waals surface area contributed by atoms with Gasteiger partial charge in [0.25, 0.3) is 0 Å². The summed E-state index contributed by atoms with van der Waals surface area (Å²) in [7, 11) is 1.56. The van der Waals surface area contributed by atoms with Crippen LogP contribution >= 0.6 is 35.4 Å². The lowest BCUT2D eigenvalue weighted by Gasteiger charge is -2.06. The number of hydrogen-bond acceptors (Lipinski definition) is 3. The molecule has 0 aliphatic rings. The lowest BCUT2D eigenvalue weighted by Crippen LogP contribution is -1.89. The molecule has 1 heterocycles. The highest BCUT2D eigenvalue weighted by molar-refractivity contribution is 7.71. The van der Waals surface area contributed by atoms with Gasteiger partial charge in [-0.1, -0.05) is 41.5 Å². The first kappa shape index (κ1) is 12.4. The summed E-state index contributed by atoms with van der Waals surface area (Å²) >= 11 is 16.9. The first-order valence-corrected chi connectivity index (χ1v) is 5.87. The Morgan fingerprint density at radius 1 is 1.29 bits per heavy atom. The van der Waals surface area contributed by atoms with Gasteiger partial charge >= 0.3 is 0 Å². The third-order valence-electron chi connectivity index (χ3n) is 2.23. The van der Waals surface area contributed by atoms with Crippen molar-refractivity contribution in [1.29, 1.82) is 0 Å². The van der Waals surface area contributed by atoms with Crippen LogP contribution < -0.4 is 4.74 Å². The summed E-state index contributed by atoms with van der Waals surface area (Å²) in [6.45, 7) is 0. The van der Waals surface area contributed by atoms with Gasteiger partial charge in [-0.05, 0) is 23.8 Å². The van der Waals surface area contributed by atoms with Gasteiger partial charge in [-0.2, -0.15) is 5.10 Å². The van der Waals surface area contributed by atoms with E-state index in [4.69, 9.17) is 40.2 Å². The molecule has 2 rings (SSSR count). The van der Waals surface area contributed by atoms with E-state index in [9.17, 15) is 0 Å². The second kappa shape index (κ2) is 5.04. The fourth-order valence-electron chi connectivity index (χ4n) is 1.42. The van der Waals surface area contributed by atoms with E-state index in [0.717, 1.165) is 11.1 Å². The second-order valence-corrected chi connectivity index (χ2v) is 4.49. The molecule has 0 aliphatic carbocycles. The first-order chi connectivity index (χ1) is 8.11. The monoisotopic (exact) mass is 286 g/mol. The molecule has 0 radical (unpaired) electrons. The molecule has 1 aromatic heterocycles. The van der Waals surface area contributed by atoms with Crippen LogP contribution in [0.2, 0.25) is 10.2 Å². The van der Waals surface area contributed by atoms with Crippen molar-refractivity contribution >= 4 is 35.4 Å². The Morgan fingerprint density at radius 2 is 2.06 bits per heavy atom. The van der Waals surface area contributed by atoms with Gasteiger partial charge in [0.05, 0.1) is 12.1 Å². The standard InChI is InChI=1S/C11H8Cl2N2OS/c1-16-9-4-6(2-3-8(9)12)7-5-10(13)14-15-11(7)17/h2-5H,1H3,(H,15,17). The van der Waals surface area contributed by atoms with E-state index in [1.807, 2.05) is 6.07 Å². The summed E-state index contributed by atoms with van der Waals surface area (Å²) in [6.07, 6.45) is 0. The largest absolute Gasteiger partial charge is 0.495 e. The Hall–Kier alpha value is -1.10. The van der Waals surface area contributed by atoms with Crippen LogP contribution in [0.25, 0.3) is 11.1 Å². The third-order valence-corrected chi connectivity index (χ3v) is 3.05. The van der Waals surface area contributed by atoms with Crippen molar-refractivity contribution in [3.05, 3.63) is 39.1 Å². The quantitative estimate of drug-likeness (QED) is 0.844.